The van der Waals surface area contributed by atoms with Crippen molar-refractivity contribution in [1.29, 1.82) is 0 Å². The number of fused-ring (bicyclic) bond motifs is 8. The Morgan fingerprint density at radius 2 is 0.714 bits per heavy atom. The summed E-state index contributed by atoms with van der Waals surface area (Å²) in [4.78, 5) is 31.1. The Bertz CT molecular complexity index is 3070. The minimum Gasteiger partial charge on any atom is -0.423 e. The number of aromatic nitrogens is 4. The van der Waals surface area contributed by atoms with Gasteiger partial charge in [0.15, 0.2) is 0 Å². The standard InChI is InChI=1S/C57H52N4O2/c1-33(2)37-9-15-40(16-10-37)53-45-25-27-47(58-45)54(41-17-11-38(12-18-41)34(3)4)49-29-31-51(60-49)56(43-21-23-44(24-22-43)63-57(62)36(7)8)52-32-30-50(61-52)55(48-28-26-46(53)59-48)42-19-13-39(14-20-42)35(5)6/h9-35,58,61H,7H2,1-6,8H3. The Balaban J connectivity index is 1.39. The van der Waals surface area contributed by atoms with Crippen molar-refractivity contribution < 1.29 is 9.53 Å². The first-order valence-corrected chi connectivity index (χ1v) is 21.9. The van der Waals surface area contributed by atoms with E-state index in [1.165, 1.54) is 16.7 Å². The largest absolute Gasteiger partial charge is 0.423 e. The molecule has 312 valence electrons. The van der Waals surface area contributed by atoms with E-state index in [2.05, 4.69) is 179 Å². The first kappa shape index (κ1) is 41.1. The summed E-state index contributed by atoms with van der Waals surface area (Å²) >= 11 is 0. The topological polar surface area (TPSA) is 83.7 Å². The molecule has 0 unspecified atom stereocenters. The van der Waals surface area contributed by atoms with Gasteiger partial charge in [-0.25, -0.2) is 14.8 Å². The van der Waals surface area contributed by atoms with E-state index >= 15 is 0 Å². The number of H-pyrrole nitrogens is 2. The van der Waals surface area contributed by atoms with Crippen LogP contribution in [0.1, 0.15) is 106 Å². The van der Waals surface area contributed by atoms with E-state index in [0.29, 0.717) is 29.1 Å². The van der Waals surface area contributed by atoms with Crippen LogP contribution in [0.25, 0.3) is 90.9 Å². The van der Waals surface area contributed by atoms with Gasteiger partial charge in [-0.1, -0.05) is 133 Å². The molecular weight excluding hydrogens is 773 g/mol. The maximum Gasteiger partial charge on any atom is 0.338 e. The molecule has 6 nitrogen and oxygen atoms in total. The molecular formula is C57H52N4O2. The number of esters is 1. The van der Waals surface area contributed by atoms with Crippen molar-refractivity contribution in [3.8, 4) is 50.3 Å². The second-order valence-electron chi connectivity index (χ2n) is 17.5. The minimum absolute atomic E-state index is 0.338. The number of carbonyl (C=O) groups excluding carboxylic acids is 1. The summed E-state index contributed by atoms with van der Waals surface area (Å²) < 4.78 is 5.59. The lowest BCUT2D eigenvalue weighted by atomic mass is 9.98. The number of benzene rings is 4. The van der Waals surface area contributed by atoms with Crippen molar-refractivity contribution in [3.05, 3.63) is 173 Å². The summed E-state index contributed by atoms with van der Waals surface area (Å²) in [5.74, 6) is 1.20. The Kier molecular flexibility index (Phi) is 11.0. The predicted octanol–water partition coefficient (Wildman–Crippen LogP) is 15.2. The van der Waals surface area contributed by atoms with Crippen molar-refractivity contribution in [1.82, 2.24) is 19.9 Å². The zero-order chi connectivity index (χ0) is 43.9. The Morgan fingerprint density at radius 1 is 0.444 bits per heavy atom. The molecule has 0 spiro atoms. The minimum atomic E-state index is -0.462. The van der Waals surface area contributed by atoms with Crippen LogP contribution in [0.15, 0.2) is 133 Å². The molecule has 6 heteroatoms. The number of ether oxygens (including phenoxy) is 1. The van der Waals surface area contributed by atoms with E-state index in [1.54, 1.807) is 6.92 Å². The third kappa shape index (κ3) is 8.13. The molecule has 0 aliphatic carbocycles. The molecule has 0 fully saturated rings. The lowest BCUT2D eigenvalue weighted by molar-refractivity contribution is -0.130. The second-order valence-corrected chi connectivity index (χ2v) is 17.5. The number of aromatic amines is 2. The highest BCUT2D eigenvalue weighted by atomic mass is 16.5. The fraction of sp³-hybridized carbons (Fsp3) is 0.175. The zero-order valence-electron chi connectivity index (χ0n) is 37.0. The van der Waals surface area contributed by atoms with Crippen LogP contribution < -0.4 is 4.74 Å². The van der Waals surface area contributed by atoms with Gasteiger partial charge in [0.1, 0.15) is 5.75 Å². The van der Waals surface area contributed by atoms with Gasteiger partial charge in [-0.2, -0.15) is 0 Å². The first-order valence-electron chi connectivity index (χ1n) is 21.9. The lowest BCUT2D eigenvalue weighted by Crippen LogP contribution is -2.07. The number of carbonyl (C=O) groups is 1. The lowest BCUT2D eigenvalue weighted by Gasteiger charge is -2.10. The number of hydrogen-bond acceptors (Lipinski definition) is 4. The number of hydrogen-bond donors (Lipinski definition) is 2. The van der Waals surface area contributed by atoms with Gasteiger partial charge in [-0.15, -0.1) is 0 Å². The Hall–Kier alpha value is -7.31. The summed E-state index contributed by atoms with van der Waals surface area (Å²) in [6.07, 6.45) is 8.49. The highest BCUT2D eigenvalue weighted by Gasteiger charge is 2.20. The van der Waals surface area contributed by atoms with E-state index in [9.17, 15) is 4.79 Å². The SMILES string of the molecule is C=C(C)C(=O)Oc1ccc(-c2c3nc(c(-c4ccc(C(C)C)cc4)c4ccc([nH]4)c(-c4ccc(C(C)C)cc4)c4nc(c(-c5ccc(C(C)C)cc5)c5ccc2[nH]5)C=C4)C=C3)cc1. The number of nitrogens with one attached hydrogen (secondary N) is 2. The molecule has 9 rings (SSSR count). The van der Waals surface area contributed by atoms with E-state index < -0.39 is 5.97 Å². The van der Waals surface area contributed by atoms with Gasteiger partial charge < -0.3 is 14.7 Å². The third-order valence-electron chi connectivity index (χ3n) is 12.1. The molecule has 0 amide bonds. The molecule has 7 aromatic rings. The normalized spacial score (nSPS) is 12.2. The van der Waals surface area contributed by atoms with Gasteiger partial charge in [0, 0.05) is 49.9 Å². The molecule has 2 aliphatic rings. The monoisotopic (exact) mass is 824 g/mol. The molecule has 8 bridgehead atoms. The van der Waals surface area contributed by atoms with Crippen molar-refractivity contribution in [2.75, 3.05) is 0 Å². The van der Waals surface area contributed by atoms with E-state index in [0.717, 1.165) is 89.4 Å². The fourth-order valence-corrected chi connectivity index (χ4v) is 8.41. The quantitative estimate of drug-likeness (QED) is 0.0863. The maximum atomic E-state index is 12.4. The average Bonchev–Trinajstić information content (AvgIpc) is 4.13. The fourth-order valence-electron chi connectivity index (χ4n) is 8.41. The van der Waals surface area contributed by atoms with Crippen molar-refractivity contribution in [3.63, 3.8) is 0 Å². The second kappa shape index (κ2) is 16.9. The molecule has 3 aromatic heterocycles. The molecule has 0 radical (unpaired) electrons. The van der Waals surface area contributed by atoms with Gasteiger partial charge in [0.2, 0.25) is 0 Å². The molecule has 4 aromatic carbocycles. The summed E-state index contributed by atoms with van der Waals surface area (Å²) in [7, 11) is 0. The summed E-state index contributed by atoms with van der Waals surface area (Å²) in [5, 5.41) is 0. The Morgan fingerprint density at radius 3 is 0.968 bits per heavy atom. The van der Waals surface area contributed by atoms with Crippen molar-refractivity contribution in [2.45, 2.75) is 66.2 Å². The van der Waals surface area contributed by atoms with Crippen LogP contribution in [0, 0.1) is 0 Å². The van der Waals surface area contributed by atoms with Crippen LogP contribution in [0.2, 0.25) is 0 Å². The smallest absolute Gasteiger partial charge is 0.338 e. The van der Waals surface area contributed by atoms with Gasteiger partial charge in [-0.05, 0) is 124 Å². The van der Waals surface area contributed by atoms with Crippen LogP contribution in [0.3, 0.4) is 0 Å². The zero-order valence-corrected chi connectivity index (χ0v) is 37.0. The van der Waals surface area contributed by atoms with Gasteiger partial charge in [0.05, 0.1) is 22.8 Å². The average molecular weight is 825 g/mol. The van der Waals surface area contributed by atoms with E-state index in [-0.39, 0.29) is 0 Å². The van der Waals surface area contributed by atoms with E-state index in [4.69, 9.17) is 14.7 Å². The molecule has 0 atom stereocenters. The van der Waals surface area contributed by atoms with Crippen LogP contribution in [-0.2, 0) is 4.79 Å². The molecule has 2 aliphatic heterocycles. The van der Waals surface area contributed by atoms with Gasteiger partial charge in [-0.3, -0.25) is 0 Å². The molecule has 5 heterocycles. The number of nitrogens with zero attached hydrogens (tertiary/aromatic N) is 2. The highest BCUT2D eigenvalue weighted by Crippen LogP contribution is 2.39. The van der Waals surface area contributed by atoms with Crippen molar-refractivity contribution >= 4 is 52.3 Å². The van der Waals surface area contributed by atoms with Crippen LogP contribution >= 0.6 is 0 Å². The molecule has 63 heavy (non-hydrogen) atoms. The number of rotatable bonds is 9. The first-order chi connectivity index (χ1) is 30.4. The molecule has 2 N–H and O–H groups in total. The summed E-state index contributed by atoms with van der Waals surface area (Å²) in [5.41, 5.74) is 19.3. The van der Waals surface area contributed by atoms with E-state index in [1.807, 2.05) is 24.3 Å². The predicted molar refractivity (Wildman–Crippen MR) is 263 cm³/mol. The van der Waals surface area contributed by atoms with Gasteiger partial charge in [0.25, 0.3) is 0 Å². The molecule has 0 saturated carbocycles. The van der Waals surface area contributed by atoms with Crippen LogP contribution in [-0.4, -0.2) is 25.9 Å². The highest BCUT2D eigenvalue weighted by molar-refractivity contribution is 6.00. The summed E-state index contributed by atoms with van der Waals surface area (Å²) in [6, 6.07) is 42.8. The van der Waals surface area contributed by atoms with Crippen molar-refractivity contribution in [2.24, 2.45) is 0 Å². The Labute approximate surface area is 369 Å². The summed E-state index contributed by atoms with van der Waals surface area (Å²) in [6.45, 7) is 18.7. The van der Waals surface area contributed by atoms with Crippen LogP contribution in [0.4, 0.5) is 0 Å². The van der Waals surface area contributed by atoms with Gasteiger partial charge >= 0.3 is 5.97 Å². The van der Waals surface area contributed by atoms with Crippen LogP contribution in [0.5, 0.6) is 5.75 Å². The maximum absolute atomic E-state index is 12.4. The third-order valence-corrected chi connectivity index (χ3v) is 12.1. The molecule has 0 saturated heterocycles.